The molecule has 0 saturated carbocycles. The number of carboxylic acid groups (broad SMARTS) is 1. The first-order valence-corrected chi connectivity index (χ1v) is 6.28. The molecule has 21 heavy (non-hydrogen) atoms. The van der Waals surface area contributed by atoms with E-state index in [1.54, 1.807) is 49.4 Å². The first-order chi connectivity index (χ1) is 10.1. The predicted octanol–water partition coefficient (Wildman–Crippen LogP) is 2.93. The maximum Gasteiger partial charge on any atom is 0.336 e. The summed E-state index contributed by atoms with van der Waals surface area (Å²) in [5.41, 5.74) is 1.72. The molecule has 2 aromatic rings. The third-order valence-corrected chi connectivity index (χ3v) is 2.89. The van der Waals surface area contributed by atoms with Crippen molar-refractivity contribution in [2.24, 2.45) is 10.2 Å². The number of rotatable bonds is 4. The molecule has 0 heterocycles. The molecule has 0 aliphatic heterocycles. The van der Waals surface area contributed by atoms with Gasteiger partial charge in [-0.25, -0.2) is 4.79 Å². The van der Waals surface area contributed by atoms with Crippen LogP contribution in [-0.4, -0.2) is 28.1 Å². The van der Waals surface area contributed by atoms with E-state index in [2.05, 4.69) is 10.2 Å². The van der Waals surface area contributed by atoms with Gasteiger partial charge in [0, 0.05) is 11.1 Å². The smallest absolute Gasteiger partial charge is 0.336 e. The van der Waals surface area contributed by atoms with E-state index >= 15 is 0 Å². The summed E-state index contributed by atoms with van der Waals surface area (Å²) < 4.78 is 0. The molecular formula is C16H14N2O3. The Kier molecular flexibility index (Phi) is 4.46. The van der Waals surface area contributed by atoms with Crippen molar-refractivity contribution >= 4 is 17.9 Å². The van der Waals surface area contributed by atoms with Crippen molar-refractivity contribution in [2.75, 3.05) is 0 Å². The summed E-state index contributed by atoms with van der Waals surface area (Å²) in [4.78, 5) is 11.1. The second-order valence-electron chi connectivity index (χ2n) is 4.34. The number of carbonyl (C=O) groups is 1. The molecule has 0 unspecified atom stereocenters. The highest BCUT2D eigenvalue weighted by molar-refractivity contribution is 6.07. The second kappa shape index (κ2) is 6.47. The lowest BCUT2D eigenvalue weighted by atomic mass is 10.0. The van der Waals surface area contributed by atoms with Gasteiger partial charge >= 0.3 is 5.97 Å². The topological polar surface area (TPSA) is 82.2 Å². The van der Waals surface area contributed by atoms with Crippen LogP contribution in [0.4, 0.5) is 0 Å². The van der Waals surface area contributed by atoms with Crippen LogP contribution in [0.1, 0.15) is 28.4 Å². The Morgan fingerprint density at radius 1 is 1.05 bits per heavy atom. The number of hydrogen-bond donors (Lipinski definition) is 2. The van der Waals surface area contributed by atoms with Crippen molar-refractivity contribution in [3.05, 3.63) is 65.2 Å². The maximum atomic E-state index is 11.1. The molecule has 5 heteroatoms. The zero-order chi connectivity index (χ0) is 15.2. The number of hydrogen-bond acceptors (Lipinski definition) is 4. The fourth-order valence-electron chi connectivity index (χ4n) is 1.81. The average Bonchev–Trinajstić information content (AvgIpc) is 2.49. The summed E-state index contributed by atoms with van der Waals surface area (Å²) in [6, 6.07) is 13.3. The number of para-hydroxylation sites is 1. The Balaban J connectivity index is 2.27. The van der Waals surface area contributed by atoms with Crippen molar-refractivity contribution in [3.63, 3.8) is 0 Å². The van der Waals surface area contributed by atoms with Crippen LogP contribution >= 0.6 is 0 Å². The lowest BCUT2D eigenvalue weighted by molar-refractivity contribution is 0.0696. The maximum absolute atomic E-state index is 11.1. The Morgan fingerprint density at radius 2 is 1.67 bits per heavy atom. The fraction of sp³-hybridized carbons (Fsp3) is 0.0625. The molecule has 2 rings (SSSR count). The Morgan fingerprint density at radius 3 is 2.33 bits per heavy atom. The van der Waals surface area contributed by atoms with Gasteiger partial charge < -0.3 is 10.2 Å². The molecule has 0 saturated heterocycles. The quantitative estimate of drug-likeness (QED) is 0.668. The molecule has 106 valence electrons. The molecule has 0 radical (unpaired) electrons. The third kappa shape index (κ3) is 3.54. The fourth-order valence-corrected chi connectivity index (χ4v) is 1.81. The van der Waals surface area contributed by atoms with Crippen molar-refractivity contribution in [1.82, 2.24) is 0 Å². The van der Waals surface area contributed by atoms with Gasteiger partial charge in [-0.1, -0.05) is 30.3 Å². The zero-order valence-electron chi connectivity index (χ0n) is 11.4. The van der Waals surface area contributed by atoms with Crippen molar-refractivity contribution in [2.45, 2.75) is 6.92 Å². The van der Waals surface area contributed by atoms with E-state index in [-0.39, 0.29) is 11.3 Å². The number of phenolic OH excluding ortho intramolecular Hbond substituents is 1. The summed E-state index contributed by atoms with van der Waals surface area (Å²) in [5, 5.41) is 26.6. The lowest BCUT2D eigenvalue weighted by Gasteiger charge is -2.03. The Hall–Kier alpha value is -2.95. The number of carboxylic acids is 1. The molecule has 0 aromatic heterocycles. The summed E-state index contributed by atoms with van der Waals surface area (Å²) in [7, 11) is 0. The van der Waals surface area contributed by atoms with Gasteiger partial charge in [0.1, 0.15) is 5.75 Å². The molecule has 0 amide bonds. The van der Waals surface area contributed by atoms with Crippen LogP contribution in [-0.2, 0) is 0 Å². The highest BCUT2D eigenvalue weighted by atomic mass is 16.4. The number of phenols is 1. The van der Waals surface area contributed by atoms with Crippen molar-refractivity contribution < 1.29 is 15.0 Å². The standard InChI is InChI=1S/C16H14N2O3/c1-11(13-7-3-4-8-14(13)16(20)21)18-17-10-12-6-2-5-9-15(12)19/h2-10,19H,1H3,(H,20,21)/b17-10+,18-11-. The summed E-state index contributed by atoms with van der Waals surface area (Å²) >= 11 is 0. The average molecular weight is 282 g/mol. The van der Waals surface area contributed by atoms with Gasteiger partial charge in [-0.15, -0.1) is 0 Å². The molecule has 0 spiro atoms. The molecule has 0 fully saturated rings. The van der Waals surface area contributed by atoms with Gasteiger partial charge in [0.2, 0.25) is 0 Å². The minimum Gasteiger partial charge on any atom is -0.507 e. The van der Waals surface area contributed by atoms with Crippen LogP contribution in [0, 0.1) is 0 Å². The van der Waals surface area contributed by atoms with Gasteiger partial charge in [-0.3, -0.25) is 0 Å². The van der Waals surface area contributed by atoms with E-state index in [1.165, 1.54) is 12.3 Å². The molecule has 0 aliphatic carbocycles. The summed E-state index contributed by atoms with van der Waals surface area (Å²) in [6.45, 7) is 1.68. The second-order valence-corrected chi connectivity index (χ2v) is 4.34. The molecule has 2 N–H and O–H groups in total. The lowest BCUT2D eigenvalue weighted by Crippen LogP contribution is -2.06. The molecule has 5 nitrogen and oxygen atoms in total. The normalized spacial score (nSPS) is 11.8. The number of nitrogens with zero attached hydrogens (tertiary/aromatic N) is 2. The predicted molar refractivity (Wildman–Crippen MR) is 81.3 cm³/mol. The minimum absolute atomic E-state index is 0.111. The van der Waals surface area contributed by atoms with E-state index in [1.807, 2.05) is 0 Å². The van der Waals surface area contributed by atoms with Gasteiger partial charge in [-0.05, 0) is 25.1 Å². The van der Waals surface area contributed by atoms with Crippen molar-refractivity contribution in [3.8, 4) is 5.75 Å². The summed E-state index contributed by atoms with van der Waals surface area (Å²) in [5.74, 6) is -0.898. The largest absolute Gasteiger partial charge is 0.507 e. The van der Waals surface area contributed by atoms with Crippen LogP contribution in [0.25, 0.3) is 0 Å². The van der Waals surface area contributed by atoms with E-state index in [0.717, 1.165) is 0 Å². The van der Waals surface area contributed by atoms with E-state index in [0.29, 0.717) is 16.8 Å². The highest BCUT2D eigenvalue weighted by Crippen LogP contribution is 2.13. The van der Waals surface area contributed by atoms with Crippen molar-refractivity contribution in [1.29, 1.82) is 0 Å². The van der Waals surface area contributed by atoms with Gasteiger partial charge in [0.05, 0.1) is 17.5 Å². The summed E-state index contributed by atoms with van der Waals surface area (Å²) in [6.07, 6.45) is 1.42. The van der Waals surface area contributed by atoms with E-state index in [9.17, 15) is 9.90 Å². The van der Waals surface area contributed by atoms with Gasteiger partial charge in [0.15, 0.2) is 0 Å². The Labute approximate surface area is 121 Å². The molecule has 0 aliphatic rings. The van der Waals surface area contributed by atoms with E-state index < -0.39 is 5.97 Å². The molecule has 0 atom stereocenters. The monoisotopic (exact) mass is 282 g/mol. The van der Waals surface area contributed by atoms with Gasteiger partial charge in [-0.2, -0.15) is 10.2 Å². The molecule has 0 bridgehead atoms. The van der Waals surface area contributed by atoms with Crippen LogP contribution < -0.4 is 0 Å². The molecular weight excluding hydrogens is 268 g/mol. The van der Waals surface area contributed by atoms with Crippen LogP contribution in [0.2, 0.25) is 0 Å². The molecule has 2 aromatic carbocycles. The third-order valence-electron chi connectivity index (χ3n) is 2.89. The van der Waals surface area contributed by atoms with Crippen LogP contribution in [0.3, 0.4) is 0 Å². The van der Waals surface area contributed by atoms with E-state index in [4.69, 9.17) is 5.11 Å². The number of aromatic hydroxyl groups is 1. The van der Waals surface area contributed by atoms with Crippen LogP contribution in [0.15, 0.2) is 58.7 Å². The number of benzene rings is 2. The highest BCUT2D eigenvalue weighted by Gasteiger charge is 2.10. The zero-order valence-corrected chi connectivity index (χ0v) is 11.4. The number of aromatic carboxylic acids is 1. The SMILES string of the molecule is C/C(=N/N=C/c1ccccc1O)c1ccccc1C(=O)O. The Bertz CT molecular complexity index is 721. The van der Waals surface area contributed by atoms with Crippen LogP contribution in [0.5, 0.6) is 5.75 Å². The first-order valence-electron chi connectivity index (χ1n) is 6.28. The minimum atomic E-state index is -1.01. The first kappa shape index (κ1) is 14.5. The van der Waals surface area contributed by atoms with Gasteiger partial charge in [0.25, 0.3) is 0 Å².